The topological polar surface area (TPSA) is 29.1 Å². The quantitative estimate of drug-likeness (QED) is 0.687. The van der Waals surface area contributed by atoms with Gasteiger partial charge in [0.05, 0.1) is 4.47 Å². The summed E-state index contributed by atoms with van der Waals surface area (Å²) in [6, 6.07) is 5.13. The van der Waals surface area contributed by atoms with Gasteiger partial charge in [0.2, 0.25) is 0 Å². The van der Waals surface area contributed by atoms with Crippen molar-refractivity contribution in [3.05, 3.63) is 55.9 Å². The fourth-order valence-electron chi connectivity index (χ4n) is 3.88. The Morgan fingerprint density at radius 1 is 1.33 bits per heavy atom. The number of ketones is 1. The van der Waals surface area contributed by atoms with E-state index in [-0.39, 0.29) is 22.9 Å². The molecular weight excluding hydrogens is 389 g/mol. The molecule has 1 unspecified atom stereocenters. The molecule has 126 valence electrons. The van der Waals surface area contributed by atoms with E-state index >= 15 is 0 Å². The van der Waals surface area contributed by atoms with E-state index in [9.17, 15) is 9.18 Å². The lowest BCUT2D eigenvalue weighted by molar-refractivity contribution is -0.117. The van der Waals surface area contributed by atoms with E-state index in [1.54, 1.807) is 0 Å². The Balaban J connectivity index is 1.92. The lowest BCUT2D eigenvalue weighted by Gasteiger charge is -2.41. The maximum Gasteiger partial charge on any atom is 0.161 e. The fraction of sp³-hybridized carbons (Fsp3) is 0.421. The number of Topliss-reactive ketones (excluding diaryl/α,β-unsaturated/α-hetero) is 1. The highest BCUT2D eigenvalue weighted by Gasteiger charge is 2.44. The van der Waals surface area contributed by atoms with Crippen LogP contribution in [0.25, 0.3) is 0 Å². The monoisotopic (exact) mass is 407 g/mol. The third-order valence-electron chi connectivity index (χ3n) is 5.23. The predicted octanol–water partition coefficient (Wildman–Crippen LogP) is 5.27. The van der Waals surface area contributed by atoms with Crippen LogP contribution in [-0.2, 0) is 4.79 Å². The molecule has 24 heavy (non-hydrogen) atoms. The Kier molecular flexibility index (Phi) is 3.92. The molecule has 0 amide bonds. The van der Waals surface area contributed by atoms with Crippen LogP contribution in [0.3, 0.4) is 0 Å². The van der Waals surface area contributed by atoms with E-state index in [2.05, 4.69) is 35.1 Å². The molecule has 0 radical (unpaired) electrons. The lowest BCUT2D eigenvalue weighted by atomic mass is 9.69. The first kappa shape index (κ1) is 16.4. The summed E-state index contributed by atoms with van der Waals surface area (Å²) in [6.07, 6.45) is 2.45. The number of benzene rings is 1. The summed E-state index contributed by atoms with van der Waals surface area (Å²) >= 11 is 5.12. The molecule has 3 aliphatic rings. The van der Waals surface area contributed by atoms with Crippen molar-refractivity contribution in [3.8, 4) is 0 Å². The van der Waals surface area contributed by atoms with Gasteiger partial charge >= 0.3 is 0 Å². The fourth-order valence-corrected chi connectivity index (χ4v) is 5.55. The van der Waals surface area contributed by atoms with Crippen LogP contribution >= 0.6 is 27.7 Å². The van der Waals surface area contributed by atoms with E-state index in [0.29, 0.717) is 10.9 Å². The Morgan fingerprint density at radius 2 is 2.12 bits per heavy atom. The average molecular weight is 408 g/mol. The first-order valence-electron chi connectivity index (χ1n) is 8.24. The zero-order valence-corrected chi connectivity index (χ0v) is 16.1. The molecule has 5 heteroatoms. The van der Waals surface area contributed by atoms with Crippen molar-refractivity contribution in [2.45, 2.75) is 39.0 Å². The Morgan fingerprint density at radius 3 is 2.88 bits per heavy atom. The number of dihydropyridines is 1. The smallest absolute Gasteiger partial charge is 0.161 e. The maximum absolute atomic E-state index is 13.7. The molecule has 2 nitrogen and oxygen atoms in total. The van der Waals surface area contributed by atoms with Crippen LogP contribution in [0.5, 0.6) is 0 Å². The van der Waals surface area contributed by atoms with E-state index in [0.717, 1.165) is 35.4 Å². The molecule has 0 saturated heterocycles. The van der Waals surface area contributed by atoms with Crippen LogP contribution < -0.4 is 5.32 Å². The van der Waals surface area contributed by atoms with Crippen LogP contribution in [0.4, 0.5) is 4.39 Å². The molecule has 0 fully saturated rings. The number of allylic oxidation sites excluding steroid dienone is 4. The molecule has 1 atom stereocenters. The average Bonchev–Trinajstić information content (AvgIpc) is 3.01. The summed E-state index contributed by atoms with van der Waals surface area (Å²) < 4.78 is 14.2. The van der Waals surface area contributed by atoms with Crippen molar-refractivity contribution >= 4 is 33.5 Å². The van der Waals surface area contributed by atoms with Gasteiger partial charge in [-0.15, -0.1) is 11.8 Å². The molecule has 0 aromatic heterocycles. The van der Waals surface area contributed by atoms with Crippen molar-refractivity contribution in [2.75, 3.05) is 5.75 Å². The van der Waals surface area contributed by atoms with Gasteiger partial charge in [0.25, 0.3) is 0 Å². The maximum atomic E-state index is 13.7. The summed E-state index contributed by atoms with van der Waals surface area (Å²) in [7, 11) is 0. The van der Waals surface area contributed by atoms with E-state index < -0.39 is 0 Å². The van der Waals surface area contributed by atoms with Gasteiger partial charge < -0.3 is 5.32 Å². The molecule has 1 aromatic carbocycles. The standard InChI is InChI=1S/C19H19BrFNOS/c1-19(2)7-5-14(23)16-15(10-3-4-12(21)11(20)9-10)17-13(6-8-24-17)22-18(16)19/h3-4,9,15,22H,5-8H2,1-2H3. The minimum Gasteiger partial charge on any atom is -0.361 e. The molecule has 0 bridgehead atoms. The first-order valence-corrected chi connectivity index (χ1v) is 10.0. The molecule has 1 N–H and O–H groups in total. The van der Waals surface area contributed by atoms with E-state index in [1.165, 1.54) is 16.7 Å². The highest BCUT2D eigenvalue weighted by molar-refractivity contribution is 9.10. The number of halogens is 2. The van der Waals surface area contributed by atoms with Gasteiger partial charge in [0.1, 0.15) is 5.82 Å². The second-order valence-electron chi connectivity index (χ2n) is 7.27. The van der Waals surface area contributed by atoms with Gasteiger partial charge in [0.15, 0.2) is 5.78 Å². The van der Waals surface area contributed by atoms with Crippen molar-refractivity contribution < 1.29 is 9.18 Å². The number of carbonyl (C=O) groups excluding carboxylic acids is 1. The zero-order valence-electron chi connectivity index (χ0n) is 13.7. The molecule has 2 aliphatic heterocycles. The lowest BCUT2D eigenvalue weighted by Crippen LogP contribution is -2.39. The number of hydrogen-bond acceptors (Lipinski definition) is 3. The zero-order chi connectivity index (χ0) is 17.1. The normalized spacial score (nSPS) is 25.5. The molecule has 1 aromatic rings. The Labute approximate surface area is 154 Å². The Bertz CT molecular complexity index is 812. The predicted molar refractivity (Wildman–Crippen MR) is 99.1 cm³/mol. The van der Waals surface area contributed by atoms with Gasteiger partial charge in [-0.05, 0) is 46.5 Å². The first-order chi connectivity index (χ1) is 11.4. The van der Waals surface area contributed by atoms with Crippen molar-refractivity contribution in [1.29, 1.82) is 0 Å². The van der Waals surface area contributed by atoms with Gasteiger partial charge in [0, 0.05) is 45.4 Å². The van der Waals surface area contributed by atoms with Crippen LogP contribution in [0, 0.1) is 11.2 Å². The number of nitrogens with one attached hydrogen (secondary N) is 1. The van der Waals surface area contributed by atoms with E-state index in [1.807, 2.05) is 23.9 Å². The van der Waals surface area contributed by atoms with Crippen molar-refractivity contribution in [1.82, 2.24) is 5.32 Å². The second kappa shape index (κ2) is 5.73. The summed E-state index contributed by atoms with van der Waals surface area (Å²) in [5.74, 6) is 0.922. The van der Waals surface area contributed by atoms with Crippen molar-refractivity contribution in [2.24, 2.45) is 5.41 Å². The molecule has 2 heterocycles. The van der Waals surface area contributed by atoms with Gasteiger partial charge in [-0.2, -0.15) is 0 Å². The number of carbonyl (C=O) groups is 1. The largest absolute Gasteiger partial charge is 0.361 e. The number of rotatable bonds is 1. The molecule has 4 rings (SSSR count). The third kappa shape index (κ3) is 2.48. The van der Waals surface area contributed by atoms with E-state index in [4.69, 9.17) is 0 Å². The van der Waals surface area contributed by atoms with Crippen LogP contribution in [0.1, 0.15) is 44.6 Å². The summed E-state index contributed by atoms with van der Waals surface area (Å²) in [5.41, 5.74) is 4.16. The number of hydrogen-bond donors (Lipinski definition) is 1. The molecular formula is C19H19BrFNOS. The third-order valence-corrected chi connectivity index (χ3v) is 7.04. The minimum absolute atomic E-state index is 0.0372. The Hall–Kier alpha value is -1.07. The summed E-state index contributed by atoms with van der Waals surface area (Å²) in [6.45, 7) is 4.40. The summed E-state index contributed by atoms with van der Waals surface area (Å²) in [4.78, 5) is 14.1. The SMILES string of the molecule is CC1(C)CCC(=O)C2=C1NC1=C(SCC1)C2c1ccc(F)c(Br)c1. The van der Waals surface area contributed by atoms with Crippen molar-refractivity contribution in [3.63, 3.8) is 0 Å². The molecule has 1 aliphatic carbocycles. The highest BCUT2D eigenvalue weighted by atomic mass is 79.9. The minimum atomic E-state index is -0.273. The molecule has 0 saturated carbocycles. The number of thioether (sulfide) groups is 1. The highest BCUT2D eigenvalue weighted by Crippen LogP contribution is 2.53. The van der Waals surface area contributed by atoms with Crippen LogP contribution in [0.2, 0.25) is 0 Å². The van der Waals surface area contributed by atoms with Gasteiger partial charge in [-0.3, -0.25) is 4.79 Å². The van der Waals surface area contributed by atoms with Gasteiger partial charge in [-0.1, -0.05) is 19.9 Å². The van der Waals surface area contributed by atoms with Crippen LogP contribution in [0.15, 0.2) is 44.5 Å². The second-order valence-corrected chi connectivity index (χ2v) is 9.26. The van der Waals surface area contributed by atoms with Gasteiger partial charge in [-0.25, -0.2) is 4.39 Å². The molecule has 0 spiro atoms. The van der Waals surface area contributed by atoms with Crippen LogP contribution in [-0.4, -0.2) is 11.5 Å². The summed E-state index contributed by atoms with van der Waals surface area (Å²) in [5, 5.41) is 3.60.